The van der Waals surface area contributed by atoms with Gasteiger partial charge in [-0.1, -0.05) is 0 Å². The van der Waals surface area contributed by atoms with Gasteiger partial charge in [-0.2, -0.15) is 0 Å². The molecule has 0 fully saturated rings. The molecule has 0 bridgehead atoms. The summed E-state index contributed by atoms with van der Waals surface area (Å²) >= 11 is 5.72. The van der Waals surface area contributed by atoms with Crippen LogP contribution in [0.4, 0.5) is 0 Å². The zero-order valence-corrected chi connectivity index (χ0v) is 10.5. The zero-order chi connectivity index (χ0) is 12.8. The van der Waals surface area contributed by atoms with Crippen LogP contribution in [0, 0.1) is 0 Å². The lowest BCUT2D eigenvalue weighted by Crippen LogP contribution is -2.32. The molecular weight excluding hydrogens is 246 g/mol. The van der Waals surface area contributed by atoms with Crippen molar-refractivity contribution in [2.45, 2.75) is 13.3 Å². The second-order valence-electron chi connectivity index (χ2n) is 3.32. The molecule has 0 atom stereocenters. The Hall–Kier alpha value is -1.49. The van der Waals surface area contributed by atoms with E-state index >= 15 is 0 Å². The topological polar surface area (TPSA) is 59.8 Å². The third kappa shape index (κ3) is 3.49. The fraction of sp³-hybridized carbons (Fsp3) is 0.455. The molecule has 1 aromatic rings. The second-order valence-corrected chi connectivity index (χ2v) is 3.66. The van der Waals surface area contributed by atoms with E-state index in [0.717, 1.165) is 0 Å². The lowest BCUT2D eigenvalue weighted by molar-refractivity contribution is -0.140. The number of rotatable bonds is 5. The van der Waals surface area contributed by atoms with E-state index in [0.29, 0.717) is 18.7 Å². The molecule has 0 aliphatic carbocycles. The minimum atomic E-state index is -0.352. The molecule has 1 aromatic heterocycles. The number of amides is 1. The number of nitrogens with zero attached hydrogens (tertiary/aromatic N) is 1. The summed E-state index contributed by atoms with van der Waals surface area (Å²) in [6.45, 7) is 2.60. The Kier molecular flexibility index (Phi) is 5.03. The average Bonchev–Trinajstić information content (AvgIpc) is 2.75. The van der Waals surface area contributed by atoms with E-state index < -0.39 is 0 Å². The van der Waals surface area contributed by atoms with Crippen LogP contribution in [-0.4, -0.2) is 37.0 Å². The van der Waals surface area contributed by atoms with Gasteiger partial charge >= 0.3 is 5.97 Å². The number of halogens is 1. The molecule has 17 heavy (non-hydrogen) atoms. The van der Waals surface area contributed by atoms with Crippen LogP contribution < -0.4 is 0 Å². The van der Waals surface area contributed by atoms with Crippen molar-refractivity contribution in [3.05, 3.63) is 23.1 Å². The van der Waals surface area contributed by atoms with Crippen molar-refractivity contribution in [1.29, 1.82) is 0 Å². The summed E-state index contributed by atoms with van der Waals surface area (Å²) < 4.78 is 9.37. The van der Waals surface area contributed by atoms with Gasteiger partial charge in [-0.15, -0.1) is 0 Å². The van der Waals surface area contributed by atoms with Crippen molar-refractivity contribution in [3.8, 4) is 0 Å². The molecule has 1 heterocycles. The smallest absolute Gasteiger partial charge is 0.307 e. The van der Waals surface area contributed by atoms with Gasteiger partial charge in [-0.3, -0.25) is 9.59 Å². The third-order valence-electron chi connectivity index (χ3n) is 2.33. The van der Waals surface area contributed by atoms with Crippen molar-refractivity contribution in [1.82, 2.24) is 4.90 Å². The Balaban J connectivity index is 2.65. The van der Waals surface area contributed by atoms with Gasteiger partial charge in [-0.05, 0) is 24.6 Å². The number of hydrogen-bond acceptors (Lipinski definition) is 4. The lowest BCUT2D eigenvalue weighted by atomic mass is 10.2. The summed E-state index contributed by atoms with van der Waals surface area (Å²) in [6.07, 6.45) is 1.51. The number of carbonyl (C=O) groups is 2. The first-order valence-corrected chi connectivity index (χ1v) is 5.57. The quantitative estimate of drug-likeness (QED) is 0.759. The van der Waals surface area contributed by atoms with Gasteiger partial charge < -0.3 is 14.1 Å². The number of esters is 1. The Morgan fingerprint density at radius 1 is 1.53 bits per heavy atom. The van der Waals surface area contributed by atoms with Gasteiger partial charge in [-0.25, -0.2) is 0 Å². The van der Waals surface area contributed by atoms with Crippen molar-refractivity contribution >= 4 is 23.5 Å². The molecular formula is C11H14ClNO4. The molecule has 6 heteroatoms. The first-order valence-electron chi connectivity index (χ1n) is 5.19. The number of methoxy groups -OCH3 is 1. The maximum atomic E-state index is 12.0. The highest BCUT2D eigenvalue weighted by Gasteiger charge is 2.19. The molecule has 0 aliphatic heterocycles. The molecule has 1 amide bonds. The average molecular weight is 260 g/mol. The van der Waals surface area contributed by atoms with Crippen molar-refractivity contribution in [3.63, 3.8) is 0 Å². The number of furan rings is 1. The van der Waals surface area contributed by atoms with Crippen molar-refractivity contribution in [2.75, 3.05) is 20.2 Å². The molecule has 0 spiro atoms. The van der Waals surface area contributed by atoms with Crippen LogP contribution in [0.5, 0.6) is 0 Å². The minimum absolute atomic E-state index is 0.0616. The number of hydrogen-bond donors (Lipinski definition) is 0. The van der Waals surface area contributed by atoms with Gasteiger partial charge in [0.1, 0.15) is 0 Å². The van der Waals surface area contributed by atoms with E-state index in [1.807, 2.05) is 6.92 Å². The predicted octanol–water partition coefficient (Wildman–Crippen LogP) is 1.96. The van der Waals surface area contributed by atoms with Crippen LogP contribution in [0.2, 0.25) is 5.22 Å². The van der Waals surface area contributed by atoms with Gasteiger partial charge in [0, 0.05) is 13.1 Å². The highest BCUT2D eigenvalue weighted by atomic mass is 35.5. The van der Waals surface area contributed by atoms with E-state index in [9.17, 15) is 9.59 Å². The summed E-state index contributed by atoms with van der Waals surface area (Å²) in [5.74, 6) is -0.607. The maximum Gasteiger partial charge on any atom is 0.307 e. The molecule has 5 nitrogen and oxygen atoms in total. The molecule has 0 saturated carbocycles. The summed E-state index contributed by atoms with van der Waals surface area (Å²) in [5, 5.41) is 0.0616. The molecule has 0 unspecified atom stereocenters. The number of ether oxygens (including phenoxy) is 1. The fourth-order valence-corrected chi connectivity index (χ4v) is 1.54. The summed E-state index contributed by atoms with van der Waals surface area (Å²) in [6, 6.07) is 1.51. The highest BCUT2D eigenvalue weighted by molar-refractivity contribution is 6.32. The van der Waals surface area contributed by atoms with Gasteiger partial charge in [0.05, 0.1) is 25.4 Å². The van der Waals surface area contributed by atoms with Crippen LogP contribution >= 0.6 is 11.6 Å². The molecule has 0 aromatic carbocycles. The Morgan fingerprint density at radius 3 is 2.71 bits per heavy atom. The fourth-order valence-electron chi connectivity index (χ4n) is 1.35. The van der Waals surface area contributed by atoms with Crippen molar-refractivity contribution in [2.24, 2.45) is 0 Å². The summed E-state index contributed by atoms with van der Waals surface area (Å²) in [5.41, 5.74) is 0.304. The van der Waals surface area contributed by atoms with Crippen LogP contribution in [0.3, 0.4) is 0 Å². The summed E-state index contributed by atoms with van der Waals surface area (Å²) in [7, 11) is 1.31. The Morgan fingerprint density at radius 2 is 2.24 bits per heavy atom. The van der Waals surface area contributed by atoms with Crippen LogP contribution in [0.15, 0.2) is 16.7 Å². The standard InChI is InChI=1S/C11H14ClNO4/c1-3-13(6-4-9(14)16-2)11(15)8-5-7-17-10(8)12/h5,7H,3-4,6H2,1-2H3. The molecule has 94 valence electrons. The highest BCUT2D eigenvalue weighted by Crippen LogP contribution is 2.18. The maximum absolute atomic E-state index is 12.0. The van der Waals surface area contributed by atoms with Crippen LogP contribution in [0.25, 0.3) is 0 Å². The summed E-state index contributed by atoms with van der Waals surface area (Å²) in [4.78, 5) is 24.5. The molecule has 0 N–H and O–H groups in total. The van der Waals surface area contributed by atoms with Gasteiger partial charge in [0.2, 0.25) is 5.22 Å². The van der Waals surface area contributed by atoms with Crippen molar-refractivity contribution < 1.29 is 18.7 Å². The monoisotopic (exact) mass is 259 g/mol. The van der Waals surface area contributed by atoms with Crippen LogP contribution in [-0.2, 0) is 9.53 Å². The SMILES string of the molecule is CCN(CCC(=O)OC)C(=O)c1ccoc1Cl. The van der Waals surface area contributed by atoms with E-state index in [4.69, 9.17) is 16.0 Å². The molecule has 0 radical (unpaired) electrons. The molecule has 0 aliphatic rings. The largest absolute Gasteiger partial charge is 0.469 e. The first-order chi connectivity index (χ1) is 8.10. The second kappa shape index (κ2) is 6.30. The van der Waals surface area contributed by atoms with Gasteiger partial charge in [0.15, 0.2) is 0 Å². The van der Waals surface area contributed by atoms with Crippen LogP contribution in [0.1, 0.15) is 23.7 Å². The van der Waals surface area contributed by atoms with Gasteiger partial charge in [0.25, 0.3) is 5.91 Å². The van der Waals surface area contributed by atoms with E-state index in [1.165, 1.54) is 24.3 Å². The molecule has 1 rings (SSSR count). The zero-order valence-electron chi connectivity index (χ0n) is 9.73. The number of carbonyl (C=O) groups excluding carboxylic acids is 2. The Labute approximate surface area is 104 Å². The Bertz CT molecular complexity index is 402. The normalized spacial score (nSPS) is 10.1. The van der Waals surface area contributed by atoms with E-state index in [-0.39, 0.29) is 23.5 Å². The van der Waals surface area contributed by atoms with E-state index in [1.54, 1.807) is 0 Å². The predicted molar refractivity (Wildman–Crippen MR) is 61.9 cm³/mol. The van der Waals surface area contributed by atoms with E-state index in [2.05, 4.69) is 4.74 Å². The minimum Gasteiger partial charge on any atom is -0.469 e. The lowest BCUT2D eigenvalue weighted by Gasteiger charge is -2.19. The molecule has 0 saturated heterocycles. The third-order valence-corrected chi connectivity index (χ3v) is 2.62. The first kappa shape index (κ1) is 13.6.